The van der Waals surface area contributed by atoms with E-state index in [4.69, 9.17) is 0 Å². The van der Waals surface area contributed by atoms with Gasteiger partial charge in [-0.15, -0.1) is 3.89 Å². The quantitative estimate of drug-likeness (QED) is 0.602. The van der Waals surface area contributed by atoms with Crippen LogP contribution in [0.25, 0.3) is 0 Å². The third-order valence-electron chi connectivity index (χ3n) is 2.00. The Balaban J connectivity index is 3.11. The van der Waals surface area contributed by atoms with Gasteiger partial charge in [0.15, 0.2) is 0 Å². The highest BCUT2D eigenvalue weighted by Crippen LogP contribution is 2.30. The van der Waals surface area contributed by atoms with Crippen LogP contribution in [-0.2, 0) is 22.2 Å². The zero-order valence-corrected chi connectivity index (χ0v) is 8.99. The number of halogens is 4. The normalized spacial score (nSPS) is 12.8. The van der Waals surface area contributed by atoms with Crippen LogP contribution in [0.3, 0.4) is 0 Å². The van der Waals surface area contributed by atoms with E-state index in [9.17, 15) is 25.5 Å². The third kappa shape index (κ3) is 3.48. The first-order valence-corrected chi connectivity index (χ1v) is 5.74. The molecule has 90 valence electrons. The van der Waals surface area contributed by atoms with E-state index in [-0.39, 0.29) is 11.1 Å². The summed E-state index contributed by atoms with van der Waals surface area (Å²) in [6.07, 6.45) is -4.49. The van der Waals surface area contributed by atoms with Crippen molar-refractivity contribution in [3.63, 3.8) is 0 Å². The maximum absolute atomic E-state index is 12.3. The molecule has 0 fully saturated rings. The number of benzene rings is 1. The summed E-state index contributed by atoms with van der Waals surface area (Å²) in [5, 5.41) is 0. The van der Waals surface area contributed by atoms with E-state index in [1.54, 1.807) is 0 Å². The molecule has 0 atom stereocenters. The highest BCUT2D eigenvalue weighted by Gasteiger charge is 2.30. The van der Waals surface area contributed by atoms with E-state index in [1.165, 1.54) is 6.92 Å². The minimum absolute atomic E-state index is 0.0236. The van der Waals surface area contributed by atoms with Gasteiger partial charge in [-0.25, -0.2) is 0 Å². The average molecular weight is 256 g/mol. The van der Waals surface area contributed by atoms with Gasteiger partial charge in [0, 0.05) is 0 Å². The molecule has 0 unspecified atom stereocenters. The molecule has 0 aromatic heterocycles. The fraction of sp³-hybridized carbons (Fsp3) is 0.333. The molecular formula is C9H8F4O2S. The molecule has 1 aromatic rings. The highest BCUT2D eigenvalue weighted by atomic mass is 32.3. The average Bonchev–Trinajstić information content (AvgIpc) is 2.04. The van der Waals surface area contributed by atoms with Gasteiger partial charge in [-0.05, 0) is 30.2 Å². The molecular weight excluding hydrogens is 248 g/mol. The van der Waals surface area contributed by atoms with Crippen molar-refractivity contribution in [3.8, 4) is 0 Å². The molecule has 7 heteroatoms. The van der Waals surface area contributed by atoms with Crippen molar-refractivity contribution in [3.05, 3.63) is 34.9 Å². The number of hydrogen-bond donors (Lipinski definition) is 0. The summed E-state index contributed by atoms with van der Waals surface area (Å²) in [5.74, 6) is -0.906. The minimum Gasteiger partial charge on any atom is -0.194 e. The van der Waals surface area contributed by atoms with Crippen molar-refractivity contribution in [1.82, 2.24) is 0 Å². The summed E-state index contributed by atoms with van der Waals surface area (Å²) in [5.41, 5.74) is -0.767. The second-order valence-corrected chi connectivity index (χ2v) is 4.69. The first-order valence-electron chi connectivity index (χ1n) is 4.18. The smallest absolute Gasteiger partial charge is 0.194 e. The summed E-state index contributed by atoms with van der Waals surface area (Å²) in [6.45, 7) is 1.30. The van der Waals surface area contributed by atoms with Crippen molar-refractivity contribution in [2.75, 3.05) is 0 Å². The topological polar surface area (TPSA) is 34.1 Å². The van der Waals surface area contributed by atoms with Crippen LogP contribution in [0.15, 0.2) is 18.2 Å². The Bertz CT molecular complexity index is 491. The Morgan fingerprint density at radius 3 is 2.19 bits per heavy atom. The van der Waals surface area contributed by atoms with E-state index >= 15 is 0 Å². The van der Waals surface area contributed by atoms with Crippen molar-refractivity contribution in [1.29, 1.82) is 0 Å². The Morgan fingerprint density at radius 1 is 1.25 bits per heavy atom. The molecule has 0 amide bonds. The Kier molecular flexibility index (Phi) is 3.27. The number of alkyl halides is 3. The number of rotatable bonds is 2. The van der Waals surface area contributed by atoms with Gasteiger partial charge in [0.05, 0.1) is 5.56 Å². The van der Waals surface area contributed by atoms with E-state index < -0.39 is 27.7 Å². The molecule has 0 N–H and O–H groups in total. The molecule has 2 nitrogen and oxygen atoms in total. The second kappa shape index (κ2) is 4.04. The van der Waals surface area contributed by atoms with Gasteiger partial charge < -0.3 is 0 Å². The first kappa shape index (κ1) is 13.0. The van der Waals surface area contributed by atoms with Crippen molar-refractivity contribution < 1.29 is 25.5 Å². The van der Waals surface area contributed by atoms with Crippen molar-refractivity contribution >= 4 is 10.2 Å². The molecule has 0 heterocycles. The highest BCUT2D eigenvalue weighted by molar-refractivity contribution is 7.85. The van der Waals surface area contributed by atoms with E-state index in [1.807, 2.05) is 0 Å². The monoisotopic (exact) mass is 256 g/mol. The van der Waals surface area contributed by atoms with Crippen LogP contribution >= 0.6 is 0 Å². The van der Waals surface area contributed by atoms with Crippen LogP contribution in [0.2, 0.25) is 0 Å². The predicted molar refractivity (Wildman–Crippen MR) is 49.9 cm³/mol. The van der Waals surface area contributed by atoms with Gasteiger partial charge in [-0.2, -0.15) is 21.6 Å². The summed E-state index contributed by atoms with van der Waals surface area (Å²) in [7, 11) is -4.73. The maximum Gasteiger partial charge on any atom is 0.416 e. The second-order valence-electron chi connectivity index (χ2n) is 3.32. The number of aryl methyl sites for hydroxylation is 1. The van der Waals surface area contributed by atoms with Gasteiger partial charge in [-0.1, -0.05) is 6.07 Å². The molecule has 1 rings (SSSR count). The number of hydrogen-bond acceptors (Lipinski definition) is 2. The van der Waals surface area contributed by atoms with Crippen LogP contribution in [0.5, 0.6) is 0 Å². The molecule has 0 radical (unpaired) electrons. The Morgan fingerprint density at radius 2 is 1.81 bits per heavy atom. The molecule has 0 aliphatic carbocycles. The summed E-state index contributed by atoms with van der Waals surface area (Å²) in [6, 6.07) is 2.49. The lowest BCUT2D eigenvalue weighted by Crippen LogP contribution is -2.07. The lowest BCUT2D eigenvalue weighted by Gasteiger charge is -2.09. The Hall–Kier alpha value is -1.11. The van der Waals surface area contributed by atoms with Gasteiger partial charge in [0.1, 0.15) is 5.75 Å². The lowest BCUT2D eigenvalue weighted by molar-refractivity contribution is -0.137. The van der Waals surface area contributed by atoms with E-state index in [2.05, 4.69) is 0 Å². The summed E-state index contributed by atoms with van der Waals surface area (Å²) in [4.78, 5) is 0. The van der Waals surface area contributed by atoms with Crippen LogP contribution in [0, 0.1) is 6.92 Å². The van der Waals surface area contributed by atoms with Crippen molar-refractivity contribution in [2.45, 2.75) is 18.9 Å². The van der Waals surface area contributed by atoms with Crippen LogP contribution in [0.4, 0.5) is 17.1 Å². The zero-order valence-electron chi connectivity index (χ0n) is 8.18. The standard InChI is InChI=1S/C9H8F4O2S/c1-6-4-8(9(10,11)12)3-2-7(6)5-16(13,14)15/h2-4H,5H2,1H3. The molecule has 0 aliphatic rings. The summed E-state index contributed by atoms with van der Waals surface area (Å²) >= 11 is 0. The molecule has 0 saturated heterocycles. The molecule has 0 spiro atoms. The molecule has 0 aliphatic heterocycles. The Labute approximate surface area is 90.1 Å². The SMILES string of the molecule is Cc1cc(C(F)(F)F)ccc1CS(=O)(=O)F. The summed E-state index contributed by atoms with van der Waals surface area (Å²) < 4.78 is 69.8. The fourth-order valence-corrected chi connectivity index (χ4v) is 1.92. The van der Waals surface area contributed by atoms with Crippen molar-refractivity contribution in [2.24, 2.45) is 0 Å². The molecule has 16 heavy (non-hydrogen) atoms. The van der Waals surface area contributed by atoms with Gasteiger partial charge in [0.25, 0.3) is 0 Å². The maximum atomic E-state index is 12.3. The van der Waals surface area contributed by atoms with E-state index in [0.717, 1.165) is 18.2 Å². The van der Waals surface area contributed by atoms with Crippen LogP contribution < -0.4 is 0 Å². The largest absolute Gasteiger partial charge is 0.416 e. The predicted octanol–water partition coefficient (Wildman–Crippen LogP) is 2.81. The van der Waals surface area contributed by atoms with Crippen LogP contribution in [0.1, 0.15) is 16.7 Å². The molecule has 1 aromatic carbocycles. The van der Waals surface area contributed by atoms with Crippen LogP contribution in [-0.4, -0.2) is 8.42 Å². The first-order chi connectivity index (χ1) is 7.09. The van der Waals surface area contributed by atoms with Gasteiger partial charge >= 0.3 is 16.4 Å². The van der Waals surface area contributed by atoms with Gasteiger partial charge in [-0.3, -0.25) is 0 Å². The minimum atomic E-state index is -4.73. The zero-order chi connectivity index (χ0) is 12.6. The van der Waals surface area contributed by atoms with Gasteiger partial charge in [0.2, 0.25) is 0 Å². The lowest BCUT2D eigenvalue weighted by atomic mass is 10.1. The van der Waals surface area contributed by atoms with E-state index in [0.29, 0.717) is 0 Å². The third-order valence-corrected chi connectivity index (χ3v) is 2.65. The molecule has 0 saturated carbocycles. The fourth-order valence-electron chi connectivity index (χ4n) is 1.22. The molecule has 0 bridgehead atoms.